The van der Waals surface area contributed by atoms with Gasteiger partial charge < -0.3 is 14.8 Å². The van der Waals surface area contributed by atoms with Crippen molar-refractivity contribution in [3.63, 3.8) is 0 Å². The number of methoxy groups -OCH3 is 1. The maximum absolute atomic E-state index is 12.9. The van der Waals surface area contributed by atoms with Gasteiger partial charge in [-0.05, 0) is 61.5 Å². The summed E-state index contributed by atoms with van der Waals surface area (Å²) in [5, 5.41) is 2.78. The highest BCUT2D eigenvalue weighted by atomic mass is 35.5. The van der Waals surface area contributed by atoms with Crippen LogP contribution in [0.25, 0.3) is 0 Å². The van der Waals surface area contributed by atoms with E-state index in [-0.39, 0.29) is 22.0 Å². The second-order valence-corrected chi connectivity index (χ2v) is 9.59. The van der Waals surface area contributed by atoms with Crippen LogP contribution < -0.4 is 14.4 Å². The standard InChI is InChI=1S/C24H23ClN2O6S/c1-16(23(28)26-17-9-14-22(25)21(15-17)24(29)32-2)27(34(3,30)31)18-10-12-20(13-11-18)33-19-7-5-4-6-8-19/h4-16H,1-3H3,(H,26,28)/t16-/m0/s1. The quantitative estimate of drug-likeness (QED) is 0.447. The zero-order chi connectivity index (χ0) is 24.9. The van der Waals surface area contributed by atoms with Gasteiger partial charge in [-0.15, -0.1) is 0 Å². The zero-order valence-electron chi connectivity index (χ0n) is 18.7. The number of sulfonamides is 1. The second-order valence-electron chi connectivity index (χ2n) is 7.32. The minimum atomic E-state index is -3.82. The Hall–Kier alpha value is -3.56. The van der Waals surface area contributed by atoms with Crippen molar-refractivity contribution in [2.24, 2.45) is 0 Å². The molecule has 0 aromatic heterocycles. The van der Waals surface area contributed by atoms with Crippen LogP contribution in [-0.2, 0) is 19.6 Å². The Bertz CT molecular complexity index is 1280. The maximum atomic E-state index is 12.9. The van der Waals surface area contributed by atoms with E-state index in [1.54, 1.807) is 36.4 Å². The number of halogens is 1. The Labute approximate surface area is 203 Å². The maximum Gasteiger partial charge on any atom is 0.339 e. The number of hydrogen-bond acceptors (Lipinski definition) is 6. The van der Waals surface area contributed by atoms with Gasteiger partial charge >= 0.3 is 5.97 Å². The van der Waals surface area contributed by atoms with Gasteiger partial charge in [-0.1, -0.05) is 29.8 Å². The third kappa shape index (κ3) is 6.06. The Balaban J connectivity index is 1.81. The summed E-state index contributed by atoms with van der Waals surface area (Å²) in [7, 11) is -2.61. The number of nitrogens with zero attached hydrogens (tertiary/aromatic N) is 1. The molecule has 0 spiro atoms. The fourth-order valence-corrected chi connectivity index (χ4v) is 4.58. The number of carbonyl (C=O) groups excluding carboxylic acids is 2. The van der Waals surface area contributed by atoms with Crippen LogP contribution in [0, 0.1) is 0 Å². The Morgan fingerprint density at radius 3 is 2.18 bits per heavy atom. The molecule has 0 aliphatic carbocycles. The van der Waals surface area contributed by atoms with Crippen LogP contribution in [0.2, 0.25) is 5.02 Å². The van der Waals surface area contributed by atoms with E-state index in [4.69, 9.17) is 16.3 Å². The molecule has 178 valence electrons. The molecule has 0 radical (unpaired) electrons. The molecular weight excluding hydrogens is 480 g/mol. The molecule has 0 aliphatic heterocycles. The summed E-state index contributed by atoms with van der Waals surface area (Å²) in [6.07, 6.45) is 1.02. The summed E-state index contributed by atoms with van der Waals surface area (Å²) in [6.45, 7) is 1.46. The summed E-state index contributed by atoms with van der Waals surface area (Å²) < 4.78 is 36.6. The number of ether oxygens (including phenoxy) is 2. The fourth-order valence-electron chi connectivity index (χ4n) is 3.21. The van der Waals surface area contributed by atoms with Gasteiger partial charge in [0.15, 0.2) is 0 Å². The van der Waals surface area contributed by atoms with E-state index < -0.39 is 27.9 Å². The van der Waals surface area contributed by atoms with Gasteiger partial charge in [0.1, 0.15) is 17.5 Å². The van der Waals surface area contributed by atoms with Crippen molar-refractivity contribution in [3.05, 3.63) is 83.4 Å². The molecular formula is C24H23ClN2O6S. The van der Waals surface area contributed by atoms with Crippen LogP contribution in [0.3, 0.4) is 0 Å². The smallest absolute Gasteiger partial charge is 0.339 e. The summed E-state index contributed by atoms with van der Waals surface area (Å²) in [5.74, 6) is -0.118. The number of para-hydroxylation sites is 1. The highest BCUT2D eigenvalue weighted by Gasteiger charge is 2.29. The normalized spacial score (nSPS) is 11.9. The lowest BCUT2D eigenvalue weighted by atomic mass is 10.2. The van der Waals surface area contributed by atoms with Crippen molar-refractivity contribution in [2.75, 3.05) is 23.0 Å². The predicted molar refractivity (Wildman–Crippen MR) is 131 cm³/mol. The van der Waals surface area contributed by atoms with Crippen LogP contribution in [-0.4, -0.2) is 39.7 Å². The van der Waals surface area contributed by atoms with Crippen molar-refractivity contribution < 1.29 is 27.5 Å². The minimum Gasteiger partial charge on any atom is -0.465 e. The molecule has 3 aromatic carbocycles. The fraction of sp³-hybridized carbons (Fsp3) is 0.167. The topological polar surface area (TPSA) is 102 Å². The van der Waals surface area contributed by atoms with Crippen molar-refractivity contribution in [2.45, 2.75) is 13.0 Å². The Kier molecular flexibility index (Phi) is 7.80. The Morgan fingerprint density at radius 2 is 1.59 bits per heavy atom. The molecule has 3 rings (SSSR count). The lowest BCUT2D eigenvalue weighted by Gasteiger charge is -2.28. The van der Waals surface area contributed by atoms with E-state index in [1.807, 2.05) is 18.2 Å². The first-order valence-corrected chi connectivity index (χ1v) is 12.3. The van der Waals surface area contributed by atoms with Gasteiger partial charge in [0.05, 0.1) is 29.6 Å². The zero-order valence-corrected chi connectivity index (χ0v) is 20.3. The van der Waals surface area contributed by atoms with Crippen LogP contribution in [0.4, 0.5) is 11.4 Å². The van der Waals surface area contributed by atoms with Gasteiger partial charge in [-0.2, -0.15) is 0 Å². The van der Waals surface area contributed by atoms with E-state index in [9.17, 15) is 18.0 Å². The molecule has 34 heavy (non-hydrogen) atoms. The first-order chi connectivity index (χ1) is 16.1. The average Bonchev–Trinajstić information content (AvgIpc) is 2.80. The summed E-state index contributed by atoms with van der Waals surface area (Å²) >= 11 is 6.01. The molecule has 3 aromatic rings. The average molecular weight is 503 g/mol. The lowest BCUT2D eigenvalue weighted by molar-refractivity contribution is -0.116. The van der Waals surface area contributed by atoms with Crippen LogP contribution in [0.15, 0.2) is 72.8 Å². The number of benzene rings is 3. The van der Waals surface area contributed by atoms with Crippen LogP contribution in [0.1, 0.15) is 17.3 Å². The molecule has 10 heteroatoms. The number of amides is 1. The summed E-state index contributed by atoms with van der Waals surface area (Å²) in [5.41, 5.74) is 0.627. The molecule has 1 atom stereocenters. The van der Waals surface area contributed by atoms with E-state index in [0.29, 0.717) is 11.5 Å². The molecule has 0 fully saturated rings. The van der Waals surface area contributed by atoms with Crippen molar-refractivity contribution in [1.82, 2.24) is 0 Å². The van der Waals surface area contributed by atoms with Crippen LogP contribution in [0.5, 0.6) is 11.5 Å². The summed E-state index contributed by atoms with van der Waals surface area (Å²) in [4.78, 5) is 24.8. The number of nitrogens with one attached hydrogen (secondary N) is 1. The number of hydrogen-bond donors (Lipinski definition) is 1. The lowest BCUT2D eigenvalue weighted by Crippen LogP contribution is -2.45. The van der Waals surface area contributed by atoms with E-state index >= 15 is 0 Å². The number of rotatable bonds is 8. The molecule has 0 aliphatic rings. The third-order valence-corrected chi connectivity index (χ3v) is 6.37. The molecule has 1 amide bonds. The largest absolute Gasteiger partial charge is 0.465 e. The van der Waals surface area contributed by atoms with Crippen molar-refractivity contribution in [3.8, 4) is 11.5 Å². The van der Waals surface area contributed by atoms with Crippen molar-refractivity contribution >= 4 is 44.9 Å². The number of anilines is 2. The molecule has 8 nitrogen and oxygen atoms in total. The third-order valence-electron chi connectivity index (χ3n) is 4.80. The molecule has 0 heterocycles. The van der Waals surface area contributed by atoms with Gasteiger partial charge in [-0.25, -0.2) is 13.2 Å². The van der Waals surface area contributed by atoms with E-state index in [1.165, 1.54) is 32.2 Å². The first kappa shape index (κ1) is 25.1. The molecule has 0 unspecified atom stereocenters. The van der Waals surface area contributed by atoms with Crippen LogP contribution >= 0.6 is 11.6 Å². The SMILES string of the molecule is COC(=O)c1cc(NC(=O)[C@H](C)N(c2ccc(Oc3ccccc3)cc2)S(C)(=O)=O)ccc1Cl. The summed E-state index contributed by atoms with van der Waals surface area (Å²) in [6, 6.07) is 18.7. The second kappa shape index (κ2) is 10.6. The molecule has 0 saturated heterocycles. The first-order valence-electron chi connectivity index (χ1n) is 10.1. The molecule has 1 N–H and O–H groups in total. The van der Waals surface area contributed by atoms with Gasteiger partial charge in [-0.3, -0.25) is 9.10 Å². The van der Waals surface area contributed by atoms with Gasteiger partial charge in [0.25, 0.3) is 0 Å². The predicted octanol–water partition coefficient (Wildman–Crippen LogP) is 4.71. The van der Waals surface area contributed by atoms with Gasteiger partial charge in [0, 0.05) is 5.69 Å². The van der Waals surface area contributed by atoms with E-state index in [0.717, 1.165) is 10.6 Å². The molecule has 0 saturated carbocycles. The van der Waals surface area contributed by atoms with Crippen molar-refractivity contribution in [1.29, 1.82) is 0 Å². The highest BCUT2D eigenvalue weighted by Crippen LogP contribution is 2.28. The number of esters is 1. The van der Waals surface area contributed by atoms with E-state index in [2.05, 4.69) is 10.1 Å². The Morgan fingerprint density at radius 1 is 0.971 bits per heavy atom. The number of carbonyl (C=O) groups is 2. The highest BCUT2D eigenvalue weighted by molar-refractivity contribution is 7.92. The molecule has 0 bridgehead atoms. The monoisotopic (exact) mass is 502 g/mol. The minimum absolute atomic E-state index is 0.0728. The van der Waals surface area contributed by atoms with Gasteiger partial charge in [0.2, 0.25) is 15.9 Å².